The predicted octanol–water partition coefficient (Wildman–Crippen LogP) is 9.02. The van der Waals surface area contributed by atoms with Crippen LogP contribution < -0.4 is 11.5 Å². The Kier molecular flexibility index (Phi) is 8.85. The summed E-state index contributed by atoms with van der Waals surface area (Å²) >= 11 is 0. The average molecular weight is 509 g/mol. The topological polar surface area (TPSA) is 52.0 Å². The number of unbranched alkanes of at least 4 members (excludes halogenated alkanes) is 2. The van der Waals surface area contributed by atoms with Crippen LogP contribution in [0, 0.1) is 0 Å². The van der Waals surface area contributed by atoms with Gasteiger partial charge in [0.05, 0.1) is 0 Å². The van der Waals surface area contributed by atoms with E-state index in [2.05, 4.69) is 0 Å². The van der Waals surface area contributed by atoms with E-state index < -0.39 is 33.8 Å². The summed E-state index contributed by atoms with van der Waals surface area (Å²) in [6.07, 6.45) is 4.04. The highest BCUT2D eigenvalue weighted by atomic mass is 19.3. The minimum Gasteiger partial charge on any atom is -0.398 e. The van der Waals surface area contributed by atoms with Crippen molar-refractivity contribution in [2.24, 2.45) is 0 Å². The first kappa shape index (κ1) is 30.0. The smallest absolute Gasteiger partial charge is 0.339 e. The van der Waals surface area contributed by atoms with Crippen molar-refractivity contribution in [2.75, 3.05) is 11.5 Å². The summed E-state index contributed by atoms with van der Waals surface area (Å²) in [6, 6.07) is 4.68. The molecule has 0 bridgehead atoms. The van der Waals surface area contributed by atoms with Crippen LogP contribution in [0.2, 0.25) is 0 Å². The van der Waals surface area contributed by atoms with Crippen LogP contribution in [0.5, 0.6) is 0 Å². The molecule has 0 heterocycles. The lowest BCUT2D eigenvalue weighted by atomic mass is 9.79. The first-order chi connectivity index (χ1) is 16.4. The van der Waals surface area contributed by atoms with Gasteiger partial charge in [-0.05, 0) is 83.0 Å². The molecule has 0 radical (unpaired) electrons. The molecule has 36 heavy (non-hydrogen) atoms. The molecule has 2 nitrogen and oxygen atoms in total. The highest BCUT2D eigenvalue weighted by molar-refractivity contribution is 5.61. The summed E-state index contributed by atoms with van der Waals surface area (Å²) < 4.78 is 63.6. The van der Waals surface area contributed by atoms with Gasteiger partial charge in [0, 0.05) is 22.5 Å². The number of benzene rings is 2. The lowest BCUT2D eigenvalue weighted by Gasteiger charge is -2.32. The lowest BCUT2D eigenvalue weighted by Crippen LogP contribution is -2.37. The van der Waals surface area contributed by atoms with Gasteiger partial charge in [-0.25, -0.2) is 0 Å². The molecule has 0 atom stereocenters. The number of alkyl halides is 4. The van der Waals surface area contributed by atoms with Crippen molar-refractivity contribution in [1.82, 2.24) is 0 Å². The predicted molar refractivity (Wildman–Crippen MR) is 144 cm³/mol. The molecular formula is C30H44F4N2. The third kappa shape index (κ3) is 6.00. The van der Waals surface area contributed by atoms with Crippen molar-refractivity contribution in [1.29, 1.82) is 0 Å². The van der Waals surface area contributed by atoms with E-state index in [0.29, 0.717) is 46.5 Å². The van der Waals surface area contributed by atoms with Crippen molar-refractivity contribution in [3.05, 3.63) is 57.6 Å². The Bertz CT molecular complexity index is 975. The second kappa shape index (κ2) is 10.6. The molecule has 4 N–H and O–H groups in total. The van der Waals surface area contributed by atoms with Gasteiger partial charge in [0.1, 0.15) is 0 Å². The van der Waals surface area contributed by atoms with Crippen LogP contribution in [0.4, 0.5) is 28.9 Å². The van der Waals surface area contributed by atoms with Crippen molar-refractivity contribution in [3.8, 4) is 0 Å². The molecule has 0 fully saturated rings. The van der Waals surface area contributed by atoms with Crippen LogP contribution in [0.25, 0.3) is 0 Å². The molecule has 0 amide bonds. The number of halogens is 4. The van der Waals surface area contributed by atoms with E-state index >= 15 is 17.6 Å². The molecule has 2 rings (SSSR count). The zero-order valence-electron chi connectivity index (χ0n) is 23.2. The molecule has 0 aliphatic heterocycles. The molecule has 0 unspecified atom stereocenters. The average Bonchev–Trinajstić information content (AvgIpc) is 2.75. The maximum Gasteiger partial charge on any atom is 0.339 e. The van der Waals surface area contributed by atoms with Crippen molar-refractivity contribution < 1.29 is 17.6 Å². The van der Waals surface area contributed by atoms with Gasteiger partial charge in [-0.3, -0.25) is 0 Å². The number of nitrogen functional groups attached to an aromatic ring is 2. The molecule has 6 heteroatoms. The Morgan fingerprint density at radius 2 is 0.889 bits per heavy atom. The molecule has 202 valence electrons. The molecule has 0 aliphatic rings. The van der Waals surface area contributed by atoms with Crippen LogP contribution in [-0.4, -0.2) is 0 Å². The standard InChI is InChI=1S/C30H44F4N2/c1-9-11-13-19-15-21(17-23(25(19)35)27(3,4)5)29(31,32)30(33,34)22-16-20(14-12-10-2)26(36)24(18-22)28(6,7)8/h15-18H,9-14,35-36H2,1-8H3. The number of aryl methyl sites for hydroxylation is 2. The largest absolute Gasteiger partial charge is 0.398 e. The van der Waals surface area contributed by atoms with Gasteiger partial charge in [0.2, 0.25) is 0 Å². The molecular weight excluding hydrogens is 464 g/mol. The summed E-state index contributed by atoms with van der Waals surface area (Å²) in [6.45, 7) is 15.0. The number of nitrogens with two attached hydrogens (primary N) is 2. The molecule has 0 spiro atoms. The van der Waals surface area contributed by atoms with Crippen LogP contribution in [0.15, 0.2) is 24.3 Å². The van der Waals surface area contributed by atoms with Crippen molar-refractivity contribution >= 4 is 11.4 Å². The minimum absolute atomic E-state index is 0.406. The fourth-order valence-corrected chi connectivity index (χ4v) is 4.54. The van der Waals surface area contributed by atoms with Gasteiger partial charge in [-0.1, -0.05) is 68.2 Å². The lowest BCUT2D eigenvalue weighted by molar-refractivity contribution is -0.224. The fraction of sp³-hybridized carbons (Fsp3) is 0.600. The van der Waals surface area contributed by atoms with Gasteiger partial charge in [-0.15, -0.1) is 0 Å². The van der Waals surface area contributed by atoms with Crippen molar-refractivity contribution in [3.63, 3.8) is 0 Å². The zero-order valence-corrected chi connectivity index (χ0v) is 23.2. The van der Waals surface area contributed by atoms with E-state index in [1.54, 1.807) is 0 Å². The highest BCUT2D eigenvalue weighted by Crippen LogP contribution is 2.52. The van der Waals surface area contributed by atoms with E-state index in [4.69, 9.17) is 11.5 Å². The van der Waals surface area contributed by atoms with Crippen LogP contribution in [0.3, 0.4) is 0 Å². The quantitative estimate of drug-likeness (QED) is 0.262. The summed E-state index contributed by atoms with van der Waals surface area (Å²) in [4.78, 5) is 0. The van der Waals surface area contributed by atoms with Gasteiger partial charge in [0.25, 0.3) is 0 Å². The Morgan fingerprint density at radius 3 is 1.14 bits per heavy atom. The van der Waals surface area contributed by atoms with E-state index in [9.17, 15) is 0 Å². The molecule has 0 aromatic heterocycles. The number of anilines is 2. The summed E-state index contributed by atoms with van der Waals surface area (Å²) in [5.41, 5.74) is 12.8. The van der Waals surface area contributed by atoms with Crippen LogP contribution in [-0.2, 0) is 35.5 Å². The van der Waals surface area contributed by atoms with E-state index in [1.165, 1.54) is 24.3 Å². The number of hydrogen-bond donors (Lipinski definition) is 2. The maximum atomic E-state index is 15.9. The summed E-state index contributed by atoms with van der Waals surface area (Å²) in [5.74, 6) is -8.90. The summed E-state index contributed by atoms with van der Waals surface area (Å²) in [7, 11) is 0. The Balaban J connectivity index is 2.78. The molecule has 0 saturated carbocycles. The monoisotopic (exact) mass is 508 g/mol. The SMILES string of the molecule is CCCCc1cc(C(F)(F)C(F)(F)c2cc(CCCC)c(N)c(C(C)(C)C)c2)cc(C(C)(C)C)c1N. The summed E-state index contributed by atoms with van der Waals surface area (Å²) in [5, 5.41) is 0. The minimum atomic E-state index is -4.45. The van der Waals surface area contributed by atoms with E-state index in [1.807, 2.05) is 55.4 Å². The van der Waals surface area contributed by atoms with E-state index in [0.717, 1.165) is 25.7 Å². The van der Waals surface area contributed by atoms with Crippen molar-refractivity contribution in [2.45, 2.75) is 117 Å². The van der Waals surface area contributed by atoms with Gasteiger partial charge in [-0.2, -0.15) is 17.6 Å². The maximum absolute atomic E-state index is 15.9. The van der Waals surface area contributed by atoms with Gasteiger partial charge in [0.15, 0.2) is 0 Å². The van der Waals surface area contributed by atoms with Crippen LogP contribution in [0.1, 0.15) is 114 Å². The first-order valence-electron chi connectivity index (χ1n) is 13.0. The second-order valence-corrected chi connectivity index (χ2v) is 12.0. The Hall–Kier alpha value is -2.24. The second-order valence-electron chi connectivity index (χ2n) is 12.0. The Labute approximate surface area is 214 Å². The van der Waals surface area contributed by atoms with Gasteiger partial charge >= 0.3 is 11.8 Å². The van der Waals surface area contributed by atoms with Crippen LogP contribution >= 0.6 is 0 Å². The normalized spacial score (nSPS) is 13.3. The zero-order chi connectivity index (χ0) is 27.7. The molecule has 2 aromatic rings. The highest BCUT2D eigenvalue weighted by Gasteiger charge is 2.59. The first-order valence-corrected chi connectivity index (χ1v) is 13.0. The van der Waals surface area contributed by atoms with Gasteiger partial charge < -0.3 is 11.5 Å². The number of rotatable bonds is 9. The number of hydrogen-bond acceptors (Lipinski definition) is 2. The fourth-order valence-electron chi connectivity index (χ4n) is 4.54. The third-order valence-electron chi connectivity index (χ3n) is 6.87. The molecule has 2 aromatic carbocycles. The van der Waals surface area contributed by atoms with E-state index in [-0.39, 0.29) is 0 Å². The third-order valence-corrected chi connectivity index (χ3v) is 6.87. The molecule has 0 saturated heterocycles. The Morgan fingerprint density at radius 1 is 0.583 bits per heavy atom. The molecule has 0 aliphatic carbocycles.